The molecule has 0 aromatic heterocycles. The van der Waals surface area contributed by atoms with Crippen LogP contribution >= 0.6 is 0 Å². The van der Waals surface area contributed by atoms with Gasteiger partial charge in [-0.2, -0.15) is 0 Å². The second kappa shape index (κ2) is 51.1. The lowest BCUT2D eigenvalue weighted by molar-refractivity contribution is -0.359. The lowest BCUT2D eigenvalue weighted by atomic mass is 9.97. The van der Waals surface area contributed by atoms with Crippen molar-refractivity contribution in [1.82, 2.24) is 5.32 Å². The van der Waals surface area contributed by atoms with E-state index in [0.29, 0.717) is 12.8 Å². The van der Waals surface area contributed by atoms with Gasteiger partial charge < -0.3 is 65.1 Å². The Bertz CT molecular complexity index is 1570. The van der Waals surface area contributed by atoms with Crippen molar-refractivity contribution in [1.29, 1.82) is 0 Å². The third kappa shape index (κ3) is 35.7. The number of aliphatic hydroxyl groups is 8. The molecule has 2 aliphatic heterocycles. The maximum Gasteiger partial charge on any atom is 0.220 e. The van der Waals surface area contributed by atoms with Crippen LogP contribution in [0.4, 0.5) is 0 Å². The van der Waals surface area contributed by atoms with E-state index < -0.39 is 86.8 Å². The first-order valence-corrected chi connectivity index (χ1v) is 32.5. The van der Waals surface area contributed by atoms with Crippen molar-refractivity contribution in [2.24, 2.45) is 0 Å². The molecule has 0 aromatic carbocycles. The molecule has 0 bridgehead atoms. The number of hydrogen-bond acceptors (Lipinski definition) is 13. The van der Waals surface area contributed by atoms with Crippen LogP contribution in [0.3, 0.4) is 0 Å². The van der Waals surface area contributed by atoms with Crippen LogP contribution in [0.5, 0.6) is 0 Å². The predicted molar refractivity (Wildman–Crippen MR) is 323 cm³/mol. The maximum atomic E-state index is 13.3. The molecule has 0 radical (unpaired) electrons. The molecular formula is C66H119NO13. The molecule has 0 saturated carbocycles. The highest BCUT2D eigenvalue weighted by molar-refractivity contribution is 5.76. The van der Waals surface area contributed by atoms with Crippen LogP contribution < -0.4 is 5.32 Å². The third-order valence-corrected chi connectivity index (χ3v) is 15.7. The zero-order valence-electron chi connectivity index (χ0n) is 50.3. The Kier molecular flexibility index (Phi) is 47.2. The average molecular weight is 1130 g/mol. The monoisotopic (exact) mass is 1130 g/mol. The van der Waals surface area contributed by atoms with E-state index in [1.807, 2.05) is 0 Å². The van der Waals surface area contributed by atoms with Gasteiger partial charge in [-0.25, -0.2) is 0 Å². The Morgan fingerprint density at radius 2 is 0.863 bits per heavy atom. The van der Waals surface area contributed by atoms with E-state index in [0.717, 1.165) is 83.5 Å². The number of hydrogen-bond donors (Lipinski definition) is 9. The topological polar surface area (TPSA) is 228 Å². The Balaban J connectivity index is 1.58. The molecule has 0 aromatic rings. The molecule has 2 heterocycles. The second-order valence-corrected chi connectivity index (χ2v) is 22.9. The SMILES string of the molecule is CC/C=C\C/C=C\C/C=C\C/C=C\C/C=C\CCCCCCCCCCCCCCCCCCCCCC(=O)NC(COC1OC(CO)C(OC2OC(CO)C(O)C(O)C2O)C(O)C1O)C(O)CCCCCCCCCCCCC. The molecule has 2 fully saturated rings. The molecule has 80 heavy (non-hydrogen) atoms. The summed E-state index contributed by atoms with van der Waals surface area (Å²) in [5.74, 6) is -0.206. The molecule has 14 heteroatoms. The maximum absolute atomic E-state index is 13.3. The molecule has 466 valence electrons. The van der Waals surface area contributed by atoms with E-state index >= 15 is 0 Å². The van der Waals surface area contributed by atoms with Crippen LogP contribution in [-0.2, 0) is 23.7 Å². The van der Waals surface area contributed by atoms with E-state index in [4.69, 9.17) is 18.9 Å². The average Bonchev–Trinajstić information content (AvgIpc) is 3.46. The number of amides is 1. The van der Waals surface area contributed by atoms with Crippen LogP contribution in [0.2, 0.25) is 0 Å². The Morgan fingerprint density at radius 1 is 0.463 bits per heavy atom. The van der Waals surface area contributed by atoms with E-state index in [1.54, 1.807) is 0 Å². The molecule has 14 nitrogen and oxygen atoms in total. The summed E-state index contributed by atoms with van der Waals surface area (Å²) in [4.78, 5) is 13.3. The molecule has 1 amide bonds. The zero-order chi connectivity index (χ0) is 58.1. The fraction of sp³-hybridized carbons (Fsp3) is 0.833. The van der Waals surface area contributed by atoms with Crippen LogP contribution in [-0.4, -0.2) is 140 Å². The van der Waals surface area contributed by atoms with Crippen molar-refractivity contribution >= 4 is 5.91 Å². The summed E-state index contributed by atoms with van der Waals surface area (Å²) >= 11 is 0. The van der Waals surface area contributed by atoms with Gasteiger partial charge in [0.15, 0.2) is 12.6 Å². The molecule has 0 spiro atoms. The minimum Gasteiger partial charge on any atom is -0.394 e. The zero-order valence-corrected chi connectivity index (χ0v) is 50.3. The summed E-state index contributed by atoms with van der Waals surface area (Å²) in [6.45, 7) is 2.74. The van der Waals surface area contributed by atoms with Gasteiger partial charge in [-0.05, 0) is 57.8 Å². The number of rotatable bonds is 52. The molecule has 2 rings (SSSR count). The fourth-order valence-electron chi connectivity index (χ4n) is 10.6. The van der Waals surface area contributed by atoms with Crippen molar-refractivity contribution in [3.8, 4) is 0 Å². The highest BCUT2D eigenvalue weighted by Gasteiger charge is 2.51. The number of ether oxygens (including phenoxy) is 4. The van der Waals surface area contributed by atoms with Gasteiger partial charge in [-0.15, -0.1) is 0 Å². The summed E-state index contributed by atoms with van der Waals surface area (Å²) in [5.41, 5.74) is 0. The second-order valence-electron chi connectivity index (χ2n) is 22.9. The Morgan fingerprint density at radius 3 is 1.32 bits per heavy atom. The Hall–Kier alpha value is -2.31. The largest absolute Gasteiger partial charge is 0.394 e. The molecule has 9 N–H and O–H groups in total. The van der Waals surface area contributed by atoms with E-state index in [-0.39, 0.29) is 12.5 Å². The smallest absolute Gasteiger partial charge is 0.220 e. The van der Waals surface area contributed by atoms with Gasteiger partial charge in [0, 0.05) is 6.42 Å². The van der Waals surface area contributed by atoms with Crippen molar-refractivity contribution < 1.29 is 64.6 Å². The van der Waals surface area contributed by atoms with Crippen molar-refractivity contribution in [2.75, 3.05) is 19.8 Å². The Labute approximate surface area is 486 Å². The minimum absolute atomic E-state index is 0.206. The van der Waals surface area contributed by atoms with Gasteiger partial charge in [-0.3, -0.25) is 4.79 Å². The van der Waals surface area contributed by atoms with Crippen LogP contribution in [0.1, 0.15) is 258 Å². The summed E-state index contributed by atoms with van der Waals surface area (Å²) in [6.07, 6.45) is 49.7. The predicted octanol–water partition coefficient (Wildman–Crippen LogP) is 12.1. The van der Waals surface area contributed by atoms with Gasteiger partial charge in [0.25, 0.3) is 0 Å². The number of aliphatic hydroxyl groups excluding tert-OH is 8. The first-order chi connectivity index (χ1) is 39.1. The van der Waals surface area contributed by atoms with E-state index in [2.05, 4.69) is 79.9 Å². The molecule has 12 unspecified atom stereocenters. The molecular weight excluding hydrogens is 1010 g/mol. The molecule has 12 atom stereocenters. The van der Waals surface area contributed by atoms with Crippen LogP contribution in [0, 0.1) is 0 Å². The van der Waals surface area contributed by atoms with Crippen LogP contribution in [0.15, 0.2) is 60.8 Å². The molecule has 0 aliphatic carbocycles. The number of unbranched alkanes of at least 4 members (excludes halogenated alkanes) is 29. The lowest BCUT2D eigenvalue weighted by Crippen LogP contribution is -2.65. The summed E-state index contributed by atoms with van der Waals surface area (Å²) in [6, 6.07) is -0.827. The van der Waals surface area contributed by atoms with Gasteiger partial charge in [0.1, 0.15) is 48.8 Å². The highest BCUT2D eigenvalue weighted by Crippen LogP contribution is 2.30. The third-order valence-electron chi connectivity index (χ3n) is 15.7. The summed E-state index contributed by atoms with van der Waals surface area (Å²) < 4.78 is 22.8. The van der Waals surface area contributed by atoms with Crippen molar-refractivity contribution in [2.45, 2.75) is 331 Å². The number of carbonyl (C=O) groups excluding carboxylic acids is 1. The first kappa shape index (κ1) is 73.8. The summed E-state index contributed by atoms with van der Waals surface area (Å²) in [5, 5.41) is 87.2. The van der Waals surface area contributed by atoms with Gasteiger partial charge in [0.05, 0.1) is 32.0 Å². The minimum atomic E-state index is -1.78. The van der Waals surface area contributed by atoms with Gasteiger partial charge in [-0.1, -0.05) is 254 Å². The standard InChI is InChI=1S/C66H119NO13/c1-3-5-7-9-11-13-15-16-17-18-19-20-21-22-23-24-25-26-27-28-29-30-31-32-33-34-35-36-37-38-40-42-44-46-48-50-58(71)67-54(55(70)49-47-45-43-41-39-14-12-10-8-6-4-2)53-77-65-63(76)61(74)64(57(52-69)79-65)80-66-62(75)60(73)59(72)56(51-68)78-66/h5,7,11,13,16-17,19-20,22-23,54-57,59-66,68-70,72-76H,3-4,6,8-10,12,14-15,18,21,24-53H2,1-2H3,(H,67,71)/b7-5-,13-11-,17-16-,20-19-,23-22-. The van der Waals surface area contributed by atoms with E-state index in [9.17, 15) is 45.6 Å². The number of allylic oxidation sites excluding steroid dienone is 10. The fourth-order valence-corrected chi connectivity index (χ4v) is 10.6. The van der Waals surface area contributed by atoms with Gasteiger partial charge >= 0.3 is 0 Å². The van der Waals surface area contributed by atoms with Crippen molar-refractivity contribution in [3.05, 3.63) is 60.8 Å². The first-order valence-electron chi connectivity index (χ1n) is 32.5. The normalized spacial score (nSPS) is 24.6. The highest BCUT2D eigenvalue weighted by atomic mass is 16.7. The molecule has 2 aliphatic rings. The van der Waals surface area contributed by atoms with Crippen LogP contribution in [0.25, 0.3) is 0 Å². The van der Waals surface area contributed by atoms with E-state index in [1.165, 1.54) is 148 Å². The number of carbonyl (C=O) groups is 1. The lowest BCUT2D eigenvalue weighted by Gasteiger charge is -2.46. The quantitative estimate of drug-likeness (QED) is 0.0204. The summed E-state index contributed by atoms with van der Waals surface area (Å²) in [7, 11) is 0. The van der Waals surface area contributed by atoms with Gasteiger partial charge in [0.2, 0.25) is 5.91 Å². The number of nitrogens with one attached hydrogen (secondary N) is 1. The van der Waals surface area contributed by atoms with Crippen molar-refractivity contribution in [3.63, 3.8) is 0 Å². The molecule has 2 saturated heterocycles.